The van der Waals surface area contributed by atoms with E-state index in [0.29, 0.717) is 6.04 Å². The molecule has 2 fully saturated rings. The lowest BCUT2D eigenvalue weighted by Gasteiger charge is -2.30. The number of H-pyrrole nitrogens is 1. The van der Waals surface area contributed by atoms with Crippen LogP contribution in [0.25, 0.3) is 11.0 Å². The van der Waals surface area contributed by atoms with Crippen LogP contribution in [0.15, 0.2) is 24.3 Å². The summed E-state index contributed by atoms with van der Waals surface area (Å²) < 4.78 is 0. The normalized spacial score (nSPS) is 30.0. The van der Waals surface area contributed by atoms with Crippen LogP contribution in [0.4, 0.5) is 0 Å². The molecule has 4 nitrogen and oxygen atoms in total. The SMILES string of the molecule is c1ccc2[nH]c(CNC3CCN4CCC3C4)nc2c1. The number of aromatic amines is 1. The van der Waals surface area contributed by atoms with Gasteiger partial charge in [-0.05, 0) is 44.0 Å². The molecule has 0 spiro atoms. The number of fused-ring (bicyclic) bond motifs is 3. The third kappa shape index (κ3) is 2.15. The number of nitrogens with one attached hydrogen (secondary N) is 2. The van der Waals surface area contributed by atoms with Gasteiger partial charge in [0.1, 0.15) is 5.82 Å². The summed E-state index contributed by atoms with van der Waals surface area (Å²) in [6, 6.07) is 8.90. The van der Waals surface area contributed by atoms with E-state index in [1.54, 1.807) is 0 Å². The van der Waals surface area contributed by atoms with E-state index in [1.165, 1.54) is 32.5 Å². The Morgan fingerprint density at radius 3 is 3.11 bits per heavy atom. The second-order valence-electron chi connectivity index (χ2n) is 5.83. The smallest absolute Gasteiger partial charge is 0.121 e. The number of hydrogen-bond acceptors (Lipinski definition) is 3. The Bertz CT molecular complexity index is 543. The Labute approximate surface area is 113 Å². The van der Waals surface area contributed by atoms with Gasteiger partial charge in [-0.2, -0.15) is 0 Å². The molecule has 4 heteroatoms. The van der Waals surface area contributed by atoms with Crippen molar-refractivity contribution in [2.24, 2.45) is 5.92 Å². The molecule has 2 aromatic rings. The fourth-order valence-corrected chi connectivity index (χ4v) is 3.54. The van der Waals surface area contributed by atoms with E-state index in [4.69, 9.17) is 0 Å². The Balaban J connectivity index is 1.44. The summed E-state index contributed by atoms with van der Waals surface area (Å²) in [4.78, 5) is 10.6. The highest BCUT2D eigenvalue weighted by molar-refractivity contribution is 5.74. The molecule has 3 unspecified atom stereocenters. The number of benzene rings is 1. The molecule has 19 heavy (non-hydrogen) atoms. The van der Waals surface area contributed by atoms with Crippen molar-refractivity contribution in [1.29, 1.82) is 0 Å². The number of imidazole rings is 1. The number of aromatic nitrogens is 2. The van der Waals surface area contributed by atoms with Crippen molar-refractivity contribution in [2.75, 3.05) is 19.6 Å². The van der Waals surface area contributed by atoms with E-state index < -0.39 is 0 Å². The zero-order chi connectivity index (χ0) is 12.7. The molecule has 1 aromatic carbocycles. The number of para-hydroxylation sites is 2. The summed E-state index contributed by atoms with van der Waals surface area (Å²) in [5.74, 6) is 1.90. The highest BCUT2D eigenvalue weighted by Crippen LogP contribution is 2.27. The van der Waals surface area contributed by atoms with Crippen LogP contribution in [0.1, 0.15) is 18.7 Å². The van der Waals surface area contributed by atoms with Crippen LogP contribution in [-0.4, -0.2) is 40.5 Å². The van der Waals surface area contributed by atoms with Crippen LogP contribution >= 0.6 is 0 Å². The Morgan fingerprint density at radius 2 is 2.16 bits per heavy atom. The molecular formula is C15H20N4. The maximum Gasteiger partial charge on any atom is 0.121 e. The monoisotopic (exact) mass is 256 g/mol. The van der Waals surface area contributed by atoms with E-state index in [-0.39, 0.29) is 0 Å². The summed E-state index contributed by atoms with van der Waals surface area (Å²) in [6.45, 7) is 4.70. The molecule has 2 aliphatic heterocycles. The van der Waals surface area contributed by atoms with Crippen molar-refractivity contribution in [3.8, 4) is 0 Å². The predicted molar refractivity (Wildman–Crippen MR) is 75.9 cm³/mol. The molecule has 0 saturated carbocycles. The molecule has 100 valence electrons. The van der Waals surface area contributed by atoms with Crippen LogP contribution in [-0.2, 0) is 6.54 Å². The van der Waals surface area contributed by atoms with Crippen LogP contribution in [0.2, 0.25) is 0 Å². The minimum Gasteiger partial charge on any atom is -0.341 e. The second-order valence-corrected chi connectivity index (χ2v) is 5.83. The maximum atomic E-state index is 4.63. The van der Waals surface area contributed by atoms with Crippen molar-refractivity contribution in [3.63, 3.8) is 0 Å². The first-order valence-electron chi connectivity index (χ1n) is 7.28. The lowest BCUT2D eigenvalue weighted by Crippen LogP contribution is -2.43. The average Bonchev–Trinajstić information content (AvgIpc) is 3.02. The van der Waals surface area contributed by atoms with E-state index in [9.17, 15) is 0 Å². The van der Waals surface area contributed by atoms with Gasteiger partial charge in [-0.1, -0.05) is 12.1 Å². The number of piperidine rings is 1. The molecule has 0 radical (unpaired) electrons. The molecule has 2 aliphatic rings. The van der Waals surface area contributed by atoms with Crippen LogP contribution < -0.4 is 5.32 Å². The molecule has 2 bridgehead atoms. The van der Waals surface area contributed by atoms with Crippen molar-refractivity contribution in [3.05, 3.63) is 30.1 Å². The highest BCUT2D eigenvalue weighted by atomic mass is 15.2. The van der Waals surface area contributed by atoms with Gasteiger partial charge in [0.25, 0.3) is 0 Å². The first kappa shape index (κ1) is 11.4. The minimum absolute atomic E-state index is 0.673. The van der Waals surface area contributed by atoms with Crippen molar-refractivity contribution < 1.29 is 0 Å². The van der Waals surface area contributed by atoms with E-state index in [2.05, 4.69) is 32.3 Å². The van der Waals surface area contributed by atoms with Crippen LogP contribution in [0.3, 0.4) is 0 Å². The van der Waals surface area contributed by atoms with Gasteiger partial charge < -0.3 is 15.2 Å². The van der Waals surface area contributed by atoms with Gasteiger partial charge in [-0.25, -0.2) is 4.98 Å². The van der Waals surface area contributed by atoms with Gasteiger partial charge in [0.15, 0.2) is 0 Å². The van der Waals surface area contributed by atoms with E-state index in [0.717, 1.165) is 29.3 Å². The van der Waals surface area contributed by atoms with Gasteiger partial charge in [-0.3, -0.25) is 0 Å². The molecule has 1 aromatic heterocycles. The van der Waals surface area contributed by atoms with Crippen molar-refractivity contribution in [2.45, 2.75) is 25.4 Å². The fourth-order valence-electron chi connectivity index (χ4n) is 3.54. The standard InChI is InChI=1S/C15H20N4/c1-2-4-14-13(3-1)17-15(18-14)9-16-12-6-8-19-7-5-11(12)10-19/h1-4,11-12,16H,5-10H2,(H,17,18). The first-order chi connectivity index (χ1) is 9.38. The molecule has 2 N–H and O–H groups in total. The van der Waals surface area contributed by atoms with Crippen LogP contribution in [0, 0.1) is 5.92 Å². The van der Waals surface area contributed by atoms with Crippen LogP contribution in [0.5, 0.6) is 0 Å². The van der Waals surface area contributed by atoms with Crippen molar-refractivity contribution in [1.82, 2.24) is 20.2 Å². The minimum atomic E-state index is 0.673. The Hall–Kier alpha value is -1.39. The zero-order valence-corrected chi connectivity index (χ0v) is 11.1. The fraction of sp³-hybridized carbons (Fsp3) is 0.533. The number of hydrogen-bond donors (Lipinski definition) is 2. The molecule has 2 saturated heterocycles. The van der Waals surface area contributed by atoms with Gasteiger partial charge in [-0.15, -0.1) is 0 Å². The Kier molecular flexibility index (Phi) is 2.78. The largest absolute Gasteiger partial charge is 0.341 e. The second kappa shape index (κ2) is 4.62. The van der Waals surface area contributed by atoms with Gasteiger partial charge in [0.05, 0.1) is 17.6 Å². The lowest BCUT2D eigenvalue weighted by molar-refractivity contribution is 0.219. The third-order valence-corrected chi connectivity index (χ3v) is 4.60. The number of nitrogens with zero attached hydrogens (tertiary/aromatic N) is 2. The quantitative estimate of drug-likeness (QED) is 0.879. The topological polar surface area (TPSA) is 44.0 Å². The summed E-state index contributed by atoms with van der Waals surface area (Å²) in [7, 11) is 0. The molecular weight excluding hydrogens is 236 g/mol. The van der Waals surface area contributed by atoms with Crippen molar-refractivity contribution >= 4 is 11.0 Å². The molecule has 3 atom stereocenters. The lowest BCUT2D eigenvalue weighted by atomic mass is 9.94. The average molecular weight is 256 g/mol. The zero-order valence-electron chi connectivity index (χ0n) is 11.1. The van der Waals surface area contributed by atoms with E-state index >= 15 is 0 Å². The summed E-state index contributed by atoms with van der Waals surface area (Å²) in [6.07, 6.45) is 2.64. The first-order valence-corrected chi connectivity index (χ1v) is 7.28. The highest BCUT2D eigenvalue weighted by Gasteiger charge is 2.33. The third-order valence-electron chi connectivity index (χ3n) is 4.60. The summed E-state index contributed by atoms with van der Waals surface area (Å²) in [5, 5.41) is 3.71. The predicted octanol–water partition coefficient (Wildman–Crippen LogP) is 1.75. The molecule has 0 amide bonds. The molecule has 0 aliphatic carbocycles. The van der Waals surface area contributed by atoms with Gasteiger partial charge >= 0.3 is 0 Å². The number of rotatable bonds is 3. The van der Waals surface area contributed by atoms with Gasteiger partial charge in [0.2, 0.25) is 0 Å². The molecule has 3 heterocycles. The van der Waals surface area contributed by atoms with Gasteiger partial charge in [0, 0.05) is 12.6 Å². The maximum absolute atomic E-state index is 4.63. The molecule has 4 rings (SSSR count). The summed E-state index contributed by atoms with van der Waals surface area (Å²) in [5.41, 5.74) is 2.20. The van der Waals surface area contributed by atoms with E-state index in [1.807, 2.05) is 12.1 Å². The Morgan fingerprint density at radius 1 is 1.26 bits per heavy atom. The summed E-state index contributed by atoms with van der Waals surface area (Å²) >= 11 is 0.